The Hall–Kier alpha value is -3.05. The molecule has 3 rings (SSSR count). The first-order valence-electron chi connectivity index (χ1n) is 10.4. The monoisotopic (exact) mass is 480 g/mol. The quantitative estimate of drug-likeness (QED) is 0.539. The molecule has 0 saturated carbocycles. The van der Waals surface area contributed by atoms with Gasteiger partial charge in [-0.05, 0) is 37.5 Å². The fourth-order valence-electron chi connectivity index (χ4n) is 3.94. The summed E-state index contributed by atoms with van der Waals surface area (Å²) in [6.45, 7) is 2.19. The van der Waals surface area contributed by atoms with Crippen LogP contribution in [0.3, 0.4) is 0 Å². The summed E-state index contributed by atoms with van der Waals surface area (Å²) >= 11 is 0. The van der Waals surface area contributed by atoms with Gasteiger partial charge in [0.15, 0.2) is 17.3 Å². The number of hydrogen-bond donors (Lipinski definition) is 3. The molecule has 180 valence electrons. The summed E-state index contributed by atoms with van der Waals surface area (Å²) in [6.07, 6.45) is 1.95. The van der Waals surface area contributed by atoms with E-state index >= 15 is 0 Å². The van der Waals surface area contributed by atoms with Crippen LogP contribution in [0.1, 0.15) is 42.3 Å². The van der Waals surface area contributed by atoms with Crippen molar-refractivity contribution in [2.45, 2.75) is 38.1 Å². The van der Waals surface area contributed by atoms with Crippen molar-refractivity contribution in [1.29, 1.82) is 0 Å². The number of ether oxygens (including phenoxy) is 1. The van der Waals surface area contributed by atoms with E-state index in [1.54, 1.807) is 13.0 Å². The summed E-state index contributed by atoms with van der Waals surface area (Å²) in [4.78, 5) is 25.1. The Morgan fingerprint density at radius 3 is 2.55 bits per heavy atom. The predicted octanol–water partition coefficient (Wildman–Crippen LogP) is 1.43. The molecule has 1 aromatic carbocycles. The van der Waals surface area contributed by atoms with Crippen LogP contribution in [0.25, 0.3) is 0 Å². The maximum atomic E-state index is 12.9. The number of phenolic OH excluding ortho intramolecular Hbond substituents is 1. The molecule has 1 fully saturated rings. The first-order valence-corrected chi connectivity index (χ1v) is 12.3. The number of piperidine rings is 1. The number of nitrogens with zero attached hydrogens (tertiary/aromatic N) is 1. The molecule has 0 spiro atoms. The number of aromatic hydroxyl groups is 2. The molecule has 1 unspecified atom stereocenters. The number of carbonyl (C=O) groups excluding carboxylic acids is 1. The molecule has 2 aromatic rings. The maximum absolute atomic E-state index is 12.9. The van der Waals surface area contributed by atoms with E-state index in [1.165, 1.54) is 23.5 Å². The largest absolute Gasteiger partial charge is 0.504 e. The van der Waals surface area contributed by atoms with Crippen molar-refractivity contribution in [2.24, 2.45) is 0 Å². The molecule has 1 atom stereocenters. The van der Waals surface area contributed by atoms with E-state index < -0.39 is 27.1 Å². The molecule has 10 nitrogen and oxygen atoms in total. The van der Waals surface area contributed by atoms with Gasteiger partial charge in [0.1, 0.15) is 5.76 Å². The van der Waals surface area contributed by atoms with Crippen molar-refractivity contribution in [3.05, 3.63) is 51.6 Å². The van der Waals surface area contributed by atoms with E-state index in [2.05, 4.69) is 5.32 Å². The molecule has 0 radical (unpaired) electrons. The first kappa shape index (κ1) is 24.6. The lowest BCUT2D eigenvalue weighted by molar-refractivity contribution is -0.122. The van der Waals surface area contributed by atoms with E-state index in [0.717, 1.165) is 12.3 Å². The second-order valence-electron chi connectivity index (χ2n) is 8.13. The van der Waals surface area contributed by atoms with Crippen molar-refractivity contribution < 1.29 is 32.6 Å². The Balaban J connectivity index is 1.85. The third-order valence-electron chi connectivity index (χ3n) is 5.67. The fourth-order valence-corrected chi connectivity index (χ4v) is 4.81. The lowest BCUT2D eigenvalue weighted by atomic mass is 9.91. The van der Waals surface area contributed by atoms with Gasteiger partial charge in [-0.2, -0.15) is 0 Å². The molecule has 1 aliphatic heterocycles. The number of sulfonamides is 1. The van der Waals surface area contributed by atoms with Gasteiger partial charge in [-0.15, -0.1) is 0 Å². The predicted molar refractivity (Wildman–Crippen MR) is 120 cm³/mol. The average molecular weight is 481 g/mol. The highest BCUT2D eigenvalue weighted by atomic mass is 32.2. The van der Waals surface area contributed by atoms with E-state index in [9.17, 15) is 28.2 Å². The van der Waals surface area contributed by atoms with Crippen molar-refractivity contribution in [3.63, 3.8) is 0 Å². The molecule has 1 aromatic heterocycles. The Labute approximate surface area is 191 Å². The number of hydrogen-bond acceptors (Lipinski definition) is 8. The summed E-state index contributed by atoms with van der Waals surface area (Å²) < 4.78 is 35.6. The molecule has 1 aliphatic rings. The van der Waals surface area contributed by atoms with Gasteiger partial charge in [-0.1, -0.05) is 6.07 Å². The Kier molecular flexibility index (Phi) is 7.33. The minimum atomic E-state index is -3.27. The highest BCUT2D eigenvalue weighted by Gasteiger charge is 2.29. The number of aryl methyl sites for hydroxylation is 1. The summed E-state index contributed by atoms with van der Waals surface area (Å²) in [5.74, 6) is -1.49. The Bertz CT molecular complexity index is 1180. The molecule has 0 aliphatic carbocycles. The van der Waals surface area contributed by atoms with Crippen molar-refractivity contribution in [3.8, 4) is 17.2 Å². The van der Waals surface area contributed by atoms with Crippen LogP contribution >= 0.6 is 0 Å². The van der Waals surface area contributed by atoms with Gasteiger partial charge in [0.05, 0.1) is 19.3 Å². The first-order chi connectivity index (χ1) is 15.5. The highest BCUT2D eigenvalue weighted by molar-refractivity contribution is 7.88. The number of carbonyl (C=O) groups is 1. The topological polar surface area (TPSA) is 146 Å². The van der Waals surface area contributed by atoms with Crippen molar-refractivity contribution in [2.75, 3.05) is 26.5 Å². The standard InChI is InChI=1S/C22H28N2O8S/c1-13-10-18(26)21(28)22(32-13)16(14-4-5-17(25)19(11-14)31-2)12-20(27)23-15-6-8-24(9-7-15)33(3,29)30/h4-5,10-11,15-16,25,28H,6-9,12H2,1-3H3,(H,23,27). The number of rotatable bonds is 7. The molecular formula is C22H28N2O8S. The van der Waals surface area contributed by atoms with E-state index in [-0.39, 0.29) is 41.4 Å². The van der Waals surface area contributed by atoms with E-state index in [0.29, 0.717) is 31.5 Å². The summed E-state index contributed by atoms with van der Waals surface area (Å²) in [6, 6.07) is 5.42. The molecule has 2 heterocycles. The number of benzene rings is 1. The average Bonchev–Trinajstić information content (AvgIpc) is 2.75. The fraction of sp³-hybridized carbons (Fsp3) is 0.455. The number of amides is 1. The smallest absolute Gasteiger partial charge is 0.227 e. The summed E-state index contributed by atoms with van der Waals surface area (Å²) in [7, 11) is -1.89. The SMILES string of the molecule is COc1cc(C(CC(=O)NC2CCN(S(C)(=O)=O)CC2)c2oc(C)cc(=O)c2O)ccc1O. The van der Waals surface area contributed by atoms with Gasteiger partial charge in [0.25, 0.3) is 0 Å². The van der Waals surface area contributed by atoms with Crippen LogP contribution in [0.4, 0.5) is 0 Å². The van der Waals surface area contributed by atoms with Gasteiger partial charge < -0.3 is 24.7 Å². The zero-order valence-electron chi connectivity index (χ0n) is 18.7. The van der Waals surface area contributed by atoms with Crippen molar-refractivity contribution >= 4 is 15.9 Å². The van der Waals surface area contributed by atoms with Crippen LogP contribution < -0.4 is 15.5 Å². The normalized spacial score (nSPS) is 16.3. The van der Waals surface area contributed by atoms with Crippen LogP contribution in [0.15, 0.2) is 33.5 Å². The maximum Gasteiger partial charge on any atom is 0.227 e. The number of methoxy groups -OCH3 is 1. The highest BCUT2D eigenvalue weighted by Crippen LogP contribution is 2.37. The molecule has 0 bridgehead atoms. The minimum absolute atomic E-state index is 0.0604. The van der Waals surface area contributed by atoms with Gasteiger partial charge in [0, 0.05) is 31.6 Å². The lowest BCUT2D eigenvalue weighted by Crippen LogP contribution is -2.46. The van der Waals surface area contributed by atoms with Gasteiger partial charge >= 0.3 is 0 Å². The second kappa shape index (κ2) is 9.84. The molecule has 1 amide bonds. The van der Waals surface area contributed by atoms with Gasteiger partial charge in [-0.25, -0.2) is 12.7 Å². The number of nitrogens with one attached hydrogen (secondary N) is 1. The second-order valence-corrected chi connectivity index (χ2v) is 10.1. The summed E-state index contributed by atoms with van der Waals surface area (Å²) in [5.41, 5.74) is -0.131. The molecule has 3 N–H and O–H groups in total. The van der Waals surface area contributed by atoms with E-state index in [4.69, 9.17) is 9.15 Å². The van der Waals surface area contributed by atoms with Crippen LogP contribution in [0, 0.1) is 6.92 Å². The lowest BCUT2D eigenvalue weighted by Gasteiger charge is -2.31. The number of phenols is 1. The van der Waals surface area contributed by atoms with Crippen LogP contribution in [0.5, 0.6) is 17.2 Å². The molecular weight excluding hydrogens is 452 g/mol. The molecule has 11 heteroatoms. The third kappa shape index (κ3) is 5.85. The third-order valence-corrected chi connectivity index (χ3v) is 6.98. The Morgan fingerprint density at radius 1 is 1.27 bits per heavy atom. The van der Waals surface area contributed by atoms with E-state index in [1.807, 2.05) is 0 Å². The van der Waals surface area contributed by atoms with Crippen LogP contribution in [-0.4, -0.2) is 61.3 Å². The Morgan fingerprint density at radius 2 is 1.94 bits per heavy atom. The minimum Gasteiger partial charge on any atom is -0.504 e. The van der Waals surface area contributed by atoms with Crippen LogP contribution in [-0.2, 0) is 14.8 Å². The van der Waals surface area contributed by atoms with Gasteiger partial charge in [0.2, 0.25) is 27.1 Å². The zero-order valence-corrected chi connectivity index (χ0v) is 19.5. The van der Waals surface area contributed by atoms with Crippen LogP contribution in [0.2, 0.25) is 0 Å². The molecule has 33 heavy (non-hydrogen) atoms. The van der Waals surface area contributed by atoms with Gasteiger partial charge in [-0.3, -0.25) is 9.59 Å². The molecule has 1 saturated heterocycles. The van der Waals surface area contributed by atoms with Crippen molar-refractivity contribution in [1.82, 2.24) is 9.62 Å². The zero-order chi connectivity index (χ0) is 24.3. The summed E-state index contributed by atoms with van der Waals surface area (Å²) in [5, 5.41) is 23.2.